The Labute approximate surface area is 249 Å². The topological polar surface area (TPSA) is 204 Å². The first-order chi connectivity index (χ1) is 20.5. The Kier molecular flexibility index (Phi) is 11.8. The van der Waals surface area contributed by atoms with Crippen molar-refractivity contribution in [1.82, 2.24) is 20.9 Å². The fourth-order valence-electron chi connectivity index (χ4n) is 4.71. The molecule has 0 bridgehead atoms. The minimum absolute atomic E-state index is 0.00154. The number of carboxylic acids is 2. The van der Waals surface area contributed by atoms with Crippen molar-refractivity contribution >= 4 is 40.6 Å². The second-order valence-electron chi connectivity index (χ2n) is 10.6. The van der Waals surface area contributed by atoms with Gasteiger partial charge < -0.3 is 36.9 Å². The molecule has 43 heavy (non-hydrogen) atoms. The molecule has 8 N–H and O–H groups in total. The zero-order chi connectivity index (χ0) is 31.5. The Morgan fingerprint density at radius 2 is 1.49 bits per heavy atom. The third-order valence-corrected chi connectivity index (χ3v) is 7.42. The Morgan fingerprint density at radius 3 is 2.14 bits per heavy atom. The van der Waals surface area contributed by atoms with Gasteiger partial charge in [0.1, 0.15) is 18.1 Å². The lowest BCUT2D eigenvalue weighted by atomic mass is 9.96. The van der Waals surface area contributed by atoms with Crippen LogP contribution in [0.25, 0.3) is 10.9 Å². The van der Waals surface area contributed by atoms with Crippen LogP contribution in [0.1, 0.15) is 44.2 Å². The van der Waals surface area contributed by atoms with Crippen molar-refractivity contribution in [3.05, 3.63) is 71.9 Å². The molecule has 0 saturated heterocycles. The largest absolute Gasteiger partial charge is 0.481 e. The minimum atomic E-state index is -1.48. The molecule has 3 rings (SSSR count). The average Bonchev–Trinajstić information content (AvgIpc) is 3.39. The normalized spacial score (nSPS) is 14.6. The third-order valence-electron chi connectivity index (χ3n) is 7.42. The van der Waals surface area contributed by atoms with Gasteiger partial charge in [0.05, 0.1) is 6.04 Å². The predicted molar refractivity (Wildman–Crippen MR) is 160 cm³/mol. The first-order valence-electron chi connectivity index (χ1n) is 14.2. The molecule has 1 aromatic heterocycles. The monoisotopic (exact) mass is 593 g/mol. The van der Waals surface area contributed by atoms with E-state index in [1.807, 2.05) is 61.5 Å². The molecule has 0 spiro atoms. The van der Waals surface area contributed by atoms with Gasteiger partial charge in [0.25, 0.3) is 0 Å². The van der Waals surface area contributed by atoms with E-state index in [4.69, 9.17) is 10.8 Å². The van der Waals surface area contributed by atoms with E-state index in [0.717, 1.165) is 16.5 Å². The molecule has 0 aliphatic heterocycles. The Morgan fingerprint density at radius 1 is 0.837 bits per heavy atom. The summed E-state index contributed by atoms with van der Waals surface area (Å²) in [5.41, 5.74) is 8.53. The predicted octanol–water partition coefficient (Wildman–Crippen LogP) is 1.73. The van der Waals surface area contributed by atoms with Crippen molar-refractivity contribution < 1.29 is 34.2 Å². The lowest BCUT2D eigenvalue weighted by Gasteiger charge is -2.28. The molecule has 5 atom stereocenters. The van der Waals surface area contributed by atoms with Crippen molar-refractivity contribution in [3.8, 4) is 0 Å². The molecule has 12 heteroatoms. The summed E-state index contributed by atoms with van der Waals surface area (Å²) in [5, 5.41) is 27.2. The van der Waals surface area contributed by atoms with E-state index in [2.05, 4.69) is 20.9 Å². The van der Waals surface area contributed by atoms with Crippen LogP contribution in [0.5, 0.6) is 0 Å². The molecular formula is C31H39N5O7. The van der Waals surface area contributed by atoms with Crippen molar-refractivity contribution in [2.75, 3.05) is 0 Å². The number of aliphatic carboxylic acids is 2. The summed E-state index contributed by atoms with van der Waals surface area (Å²) >= 11 is 0. The van der Waals surface area contributed by atoms with Crippen LogP contribution in [0.4, 0.5) is 0 Å². The maximum absolute atomic E-state index is 13.7. The molecule has 230 valence electrons. The van der Waals surface area contributed by atoms with E-state index in [9.17, 15) is 29.1 Å². The number of nitrogens with two attached hydrogens (primary N) is 1. The lowest BCUT2D eigenvalue weighted by Crippen LogP contribution is -2.59. The maximum Gasteiger partial charge on any atom is 0.326 e. The van der Waals surface area contributed by atoms with Gasteiger partial charge in [0.15, 0.2) is 0 Å². The summed E-state index contributed by atoms with van der Waals surface area (Å²) in [7, 11) is 0. The fourth-order valence-corrected chi connectivity index (χ4v) is 4.71. The van der Waals surface area contributed by atoms with Crippen molar-refractivity contribution in [2.45, 2.75) is 70.1 Å². The first-order valence-corrected chi connectivity index (χ1v) is 14.2. The number of hydrogen-bond donors (Lipinski definition) is 7. The SMILES string of the molecule is CCC(C)C(NC(=O)C(N)Cc1ccccc1)C(=O)NC(Cc1c[nH]c2ccccc12)C(=O)NC(CCC(=O)O)C(=O)O. The van der Waals surface area contributed by atoms with E-state index in [1.165, 1.54) is 0 Å². The van der Waals surface area contributed by atoms with E-state index >= 15 is 0 Å². The van der Waals surface area contributed by atoms with E-state index in [0.29, 0.717) is 12.0 Å². The number of hydrogen-bond acceptors (Lipinski definition) is 6. The van der Waals surface area contributed by atoms with E-state index < -0.39 is 60.2 Å². The van der Waals surface area contributed by atoms with Crippen molar-refractivity contribution in [1.29, 1.82) is 0 Å². The summed E-state index contributed by atoms with van der Waals surface area (Å²) < 4.78 is 0. The van der Waals surface area contributed by atoms with Gasteiger partial charge in [0, 0.05) is 29.9 Å². The second kappa shape index (κ2) is 15.5. The van der Waals surface area contributed by atoms with E-state index in [1.54, 1.807) is 13.1 Å². The minimum Gasteiger partial charge on any atom is -0.481 e. The van der Waals surface area contributed by atoms with Crippen molar-refractivity contribution in [2.24, 2.45) is 11.7 Å². The summed E-state index contributed by atoms with van der Waals surface area (Å²) in [6.45, 7) is 3.64. The number of aromatic nitrogens is 1. The highest BCUT2D eigenvalue weighted by Crippen LogP contribution is 2.20. The average molecular weight is 594 g/mol. The van der Waals surface area contributed by atoms with Gasteiger partial charge in [-0.05, 0) is 36.0 Å². The van der Waals surface area contributed by atoms with Gasteiger partial charge in [-0.2, -0.15) is 0 Å². The fraction of sp³-hybridized carbons (Fsp3) is 0.387. The van der Waals surface area contributed by atoms with Gasteiger partial charge in [-0.25, -0.2) is 4.79 Å². The van der Waals surface area contributed by atoms with Gasteiger partial charge in [0.2, 0.25) is 17.7 Å². The molecule has 0 aliphatic carbocycles. The van der Waals surface area contributed by atoms with Gasteiger partial charge in [-0.15, -0.1) is 0 Å². The van der Waals surface area contributed by atoms with Gasteiger partial charge >= 0.3 is 11.9 Å². The van der Waals surface area contributed by atoms with Crippen LogP contribution in [0.3, 0.4) is 0 Å². The number of amides is 3. The Bertz CT molecular complexity index is 1420. The molecule has 0 radical (unpaired) electrons. The summed E-state index contributed by atoms with van der Waals surface area (Å²) in [6, 6.07) is 11.9. The highest BCUT2D eigenvalue weighted by Gasteiger charge is 2.33. The zero-order valence-corrected chi connectivity index (χ0v) is 24.2. The number of fused-ring (bicyclic) bond motifs is 1. The molecule has 3 aromatic rings. The maximum atomic E-state index is 13.7. The van der Waals surface area contributed by atoms with Crippen LogP contribution >= 0.6 is 0 Å². The number of rotatable bonds is 16. The third kappa shape index (κ3) is 9.40. The van der Waals surface area contributed by atoms with Crippen LogP contribution in [0.2, 0.25) is 0 Å². The number of H-pyrrole nitrogens is 1. The highest BCUT2D eigenvalue weighted by atomic mass is 16.4. The smallest absolute Gasteiger partial charge is 0.326 e. The molecule has 0 aliphatic rings. The number of benzene rings is 2. The van der Waals surface area contributed by atoms with Gasteiger partial charge in [-0.1, -0.05) is 68.8 Å². The number of carbonyl (C=O) groups is 5. The summed E-state index contributed by atoms with van der Waals surface area (Å²) in [4.78, 5) is 66.0. The van der Waals surface area contributed by atoms with E-state index in [-0.39, 0.29) is 25.2 Å². The Hall–Kier alpha value is -4.71. The lowest BCUT2D eigenvalue weighted by molar-refractivity contribution is -0.143. The molecule has 0 fully saturated rings. The molecule has 0 saturated carbocycles. The Balaban J connectivity index is 1.83. The number of carboxylic acid groups (broad SMARTS) is 2. The van der Waals surface area contributed by atoms with Crippen LogP contribution in [0, 0.1) is 5.92 Å². The molecular weight excluding hydrogens is 554 g/mol. The molecule has 2 aromatic carbocycles. The molecule has 3 amide bonds. The molecule has 1 heterocycles. The van der Waals surface area contributed by atoms with Crippen LogP contribution < -0.4 is 21.7 Å². The highest BCUT2D eigenvalue weighted by molar-refractivity contribution is 5.95. The molecule has 5 unspecified atom stereocenters. The second-order valence-corrected chi connectivity index (χ2v) is 10.6. The van der Waals surface area contributed by atoms with Crippen molar-refractivity contribution in [3.63, 3.8) is 0 Å². The zero-order valence-electron chi connectivity index (χ0n) is 24.2. The van der Waals surface area contributed by atoms with Crippen LogP contribution in [-0.2, 0) is 36.8 Å². The first kappa shape index (κ1) is 32.8. The number of carbonyl (C=O) groups excluding carboxylic acids is 3. The van der Waals surface area contributed by atoms with Crippen LogP contribution in [-0.4, -0.2) is 69.0 Å². The summed E-state index contributed by atoms with van der Waals surface area (Å²) in [6.07, 6.45) is 1.69. The quantitative estimate of drug-likeness (QED) is 0.130. The number of aromatic amines is 1. The summed E-state index contributed by atoms with van der Waals surface area (Å²) in [5.74, 6) is -4.89. The molecule has 12 nitrogen and oxygen atoms in total. The van der Waals surface area contributed by atoms with Crippen LogP contribution in [0.15, 0.2) is 60.8 Å². The number of para-hydroxylation sites is 1. The van der Waals surface area contributed by atoms with Gasteiger partial charge in [-0.3, -0.25) is 19.2 Å². The number of nitrogens with one attached hydrogen (secondary N) is 4. The standard InChI is InChI=1S/C31H39N5O7/c1-3-18(2)27(36-28(39)22(32)15-19-9-5-4-6-10-19)30(41)35-25(16-20-17-33-23-12-8-7-11-21(20)23)29(40)34-24(31(42)43)13-14-26(37)38/h4-12,17-18,22,24-25,27,33H,3,13-16,32H2,1-2H3,(H,34,40)(H,35,41)(H,36,39)(H,37,38)(H,42,43).